The van der Waals surface area contributed by atoms with E-state index >= 15 is 0 Å². The lowest BCUT2D eigenvalue weighted by atomic mass is 10.2. The SMILES string of the molecule is COc1cc(-c2noc(C)n2)c(I)cc1OCc1ccccc1.COc1cc(C(N)=NO)c(I)cc1OCc1ccccc1. The summed E-state index contributed by atoms with van der Waals surface area (Å²) in [7, 11) is 3.16. The molecule has 0 saturated carbocycles. The van der Waals surface area contributed by atoms with E-state index < -0.39 is 0 Å². The third kappa shape index (κ3) is 8.75. The molecular weight excluding hydrogens is 790 g/mol. The van der Waals surface area contributed by atoms with E-state index in [4.69, 9.17) is 34.4 Å². The van der Waals surface area contributed by atoms with Gasteiger partial charge in [-0.1, -0.05) is 71.0 Å². The van der Waals surface area contributed by atoms with Crippen molar-refractivity contribution in [3.63, 3.8) is 0 Å². The second-order valence-corrected chi connectivity index (χ2v) is 11.5. The van der Waals surface area contributed by atoms with E-state index in [1.807, 2.05) is 72.8 Å². The summed E-state index contributed by atoms with van der Waals surface area (Å²) in [4.78, 5) is 4.26. The minimum absolute atomic E-state index is 0.0345. The molecule has 3 N–H and O–H groups in total. The van der Waals surface area contributed by atoms with Crippen LogP contribution in [0.2, 0.25) is 0 Å². The van der Waals surface area contributed by atoms with Crippen LogP contribution in [0, 0.1) is 14.1 Å². The number of aryl methyl sites for hydroxylation is 1. The molecule has 0 aliphatic carbocycles. The molecule has 0 atom stereocenters. The summed E-state index contributed by atoms with van der Waals surface area (Å²) >= 11 is 4.33. The van der Waals surface area contributed by atoms with Crippen molar-refractivity contribution in [1.29, 1.82) is 0 Å². The summed E-state index contributed by atoms with van der Waals surface area (Å²) in [6.45, 7) is 2.68. The van der Waals surface area contributed by atoms with Crippen LogP contribution in [0.3, 0.4) is 0 Å². The van der Waals surface area contributed by atoms with Crippen molar-refractivity contribution in [3.8, 4) is 34.4 Å². The molecule has 228 valence electrons. The van der Waals surface area contributed by atoms with Crippen molar-refractivity contribution in [1.82, 2.24) is 10.1 Å². The molecule has 0 amide bonds. The first-order valence-corrected chi connectivity index (χ1v) is 15.4. The molecule has 0 bridgehead atoms. The number of amidine groups is 1. The Morgan fingerprint density at radius 1 is 0.795 bits per heavy atom. The zero-order chi connectivity index (χ0) is 31.5. The lowest BCUT2D eigenvalue weighted by Crippen LogP contribution is -2.15. The Kier molecular flexibility index (Phi) is 12.1. The first-order chi connectivity index (χ1) is 21.3. The fourth-order valence-corrected chi connectivity index (χ4v) is 5.31. The number of hydrogen-bond donors (Lipinski definition) is 2. The second-order valence-electron chi connectivity index (χ2n) is 9.14. The minimum atomic E-state index is 0.0345. The molecule has 5 aromatic rings. The summed E-state index contributed by atoms with van der Waals surface area (Å²) in [5, 5.41) is 15.8. The Hall–Kier alpha value is -4.05. The standard InChI is InChI=1S/C17H15IN2O3.C15H15IN2O3/c1-11-19-17(20-23-11)13-8-15(21-2)16(9-14(13)18)22-10-12-6-4-3-5-7-12;1-20-13-7-11(15(17)18-19)12(16)8-14(13)21-9-10-5-3-2-4-6-10/h3-9H,10H2,1-2H3;2-8,19H,9H2,1H3,(H2,17,18). The molecule has 4 aromatic carbocycles. The van der Waals surface area contributed by atoms with E-state index in [1.165, 1.54) is 0 Å². The Morgan fingerprint density at radius 2 is 1.32 bits per heavy atom. The number of ether oxygens (including phenoxy) is 4. The quantitative estimate of drug-likeness (QED) is 0.0493. The van der Waals surface area contributed by atoms with Gasteiger partial charge in [-0.25, -0.2) is 0 Å². The average Bonchev–Trinajstić information content (AvgIpc) is 3.49. The summed E-state index contributed by atoms with van der Waals surface area (Å²) in [5.74, 6) is 3.57. The van der Waals surface area contributed by atoms with E-state index in [-0.39, 0.29) is 5.84 Å². The van der Waals surface area contributed by atoms with Gasteiger partial charge in [-0.3, -0.25) is 0 Å². The van der Waals surface area contributed by atoms with Crippen LogP contribution in [-0.2, 0) is 13.2 Å². The van der Waals surface area contributed by atoms with Gasteiger partial charge in [-0.15, -0.1) is 0 Å². The minimum Gasteiger partial charge on any atom is -0.493 e. The number of oxime groups is 1. The zero-order valence-electron chi connectivity index (χ0n) is 24.2. The molecule has 0 spiro atoms. The number of methoxy groups -OCH3 is 2. The zero-order valence-corrected chi connectivity index (χ0v) is 28.5. The average molecular weight is 820 g/mol. The first kappa shape index (κ1) is 32.9. The van der Waals surface area contributed by atoms with Crippen molar-refractivity contribution in [2.45, 2.75) is 20.1 Å². The maximum atomic E-state index is 8.79. The predicted octanol–water partition coefficient (Wildman–Crippen LogP) is 7.21. The van der Waals surface area contributed by atoms with Gasteiger partial charge in [0.15, 0.2) is 28.8 Å². The fourth-order valence-electron chi connectivity index (χ4n) is 3.92. The molecule has 0 aliphatic rings. The topological polar surface area (TPSA) is 134 Å². The van der Waals surface area contributed by atoms with E-state index in [1.54, 1.807) is 33.3 Å². The molecule has 10 nitrogen and oxygen atoms in total. The van der Waals surface area contributed by atoms with E-state index in [0.29, 0.717) is 53.5 Å². The highest BCUT2D eigenvalue weighted by atomic mass is 127. The van der Waals surface area contributed by atoms with Crippen LogP contribution >= 0.6 is 45.2 Å². The Balaban J connectivity index is 0.000000202. The van der Waals surface area contributed by atoms with Gasteiger partial charge < -0.3 is 34.4 Å². The van der Waals surface area contributed by atoms with E-state index in [0.717, 1.165) is 23.8 Å². The second kappa shape index (κ2) is 16.1. The van der Waals surface area contributed by atoms with Crippen molar-refractivity contribution < 1.29 is 28.7 Å². The highest BCUT2D eigenvalue weighted by molar-refractivity contribution is 14.1. The third-order valence-corrected chi connectivity index (χ3v) is 7.92. The van der Waals surface area contributed by atoms with Crippen LogP contribution in [0.1, 0.15) is 22.6 Å². The van der Waals surface area contributed by atoms with Crippen molar-refractivity contribution in [3.05, 3.63) is 115 Å². The van der Waals surface area contributed by atoms with Gasteiger partial charge in [0.25, 0.3) is 0 Å². The normalized spacial score (nSPS) is 10.9. The van der Waals surface area contributed by atoms with Gasteiger partial charge in [0.1, 0.15) is 13.2 Å². The Labute approximate surface area is 282 Å². The van der Waals surface area contributed by atoms with E-state index in [9.17, 15) is 0 Å². The van der Waals surface area contributed by atoms with Gasteiger partial charge in [0.2, 0.25) is 11.7 Å². The van der Waals surface area contributed by atoms with Gasteiger partial charge in [-0.2, -0.15) is 4.98 Å². The smallest absolute Gasteiger partial charge is 0.223 e. The highest BCUT2D eigenvalue weighted by Crippen LogP contribution is 2.36. The molecule has 1 aromatic heterocycles. The number of nitrogens with zero attached hydrogens (tertiary/aromatic N) is 3. The van der Waals surface area contributed by atoms with Gasteiger partial charge in [-0.05, 0) is 80.6 Å². The molecular formula is C32H30I2N4O6. The molecule has 0 radical (unpaired) electrons. The van der Waals surface area contributed by atoms with Gasteiger partial charge >= 0.3 is 0 Å². The maximum absolute atomic E-state index is 8.79. The van der Waals surface area contributed by atoms with Crippen LogP contribution in [-0.4, -0.2) is 35.4 Å². The van der Waals surface area contributed by atoms with Crippen LogP contribution in [0.4, 0.5) is 0 Å². The molecule has 0 unspecified atom stereocenters. The number of nitrogens with two attached hydrogens (primary N) is 1. The molecule has 0 aliphatic heterocycles. The monoisotopic (exact) mass is 820 g/mol. The maximum Gasteiger partial charge on any atom is 0.223 e. The first-order valence-electron chi connectivity index (χ1n) is 13.2. The number of benzene rings is 4. The van der Waals surface area contributed by atoms with Gasteiger partial charge in [0, 0.05) is 25.2 Å². The molecule has 44 heavy (non-hydrogen) atoms. The van der Waals surface area contributed by atoms with Crippen LogP contribution in [0.15, 0.2) is 94.6 Å². The predicted molar refractivity (Wildman–Crippen MR) is 184 cm³/mol. The third-order valence-electron chi connectivity index (χ3n) is 6.13. The van der Waals surface area contributed by atoms with Crippen LogP contribution in [0.25, 0.3) is 11.4 Å². The molecule has 0 fully saturated rings. The number of aromatic nitrogens is 2. The number of hydrogen-bond acceptors (Lipinski definition) is 9. The largest absolute Gasteiger partial charge is 0.493 e. The lowest BCUT2D eigenvalue weighted by Gasteiger charge is -2.13. The fraction of sp³-hybridized carbons (Fsp3) is 0.156. The van der Waals surface area contributed by atoms with E-state index in [2.05, 4.69) is 60.5 Å². The van der Waals surface area contributed by atoms with Crippen molar-refractivity contribution in [2.75, 3.05) is 14.2 Å². The molecule has 1 heterocycles. The Bertz CT molecular complexity index is 1700. The lowest BCUT2D eigenvalue weighted by molar-refractivity contribution is 0.284. The van der Waals surface area contributed by atoms with Crippen molar-refractivity contribution in [2.24, 2.45) is 10.9 Å². The summed E-state index contributed by atoms with van der Waals surface area (Å²) in [5.41, 5.74) is 9.25. The summed E-state index contributed by atoms with van der Waals surface area (Å²) < 4.78 is 29.3. The Morgan fingerprint density at radius 3 is 1.80 bits per heavy atom. The number of halogens is 2. The van der Waals surface area contributed by atoms with Crippen LogP contribution < -0.4 is 24.7 Å². The highest BCUT2D eigenvalue weighted by Gasteiger charge is 2.16. The van der Waals surface area contributed by atoms with Crippen molar-refractivity contribution >= 4 is 51.0 Å². The van der Waals surface area contributed by atoms with Gasteiger partial charge in [0.05, 0.1) is 14.2 Å². The summed E-state index contributed by atoms with van der Waals surface area (Å²) in [6.07, 6.45) is 0. The summed E-state index contributed by atoms with van der Waals surface area (Å²) in [6, 6.07) is 27.1. The molecule has 12 heteroatoms. The number of rotatable bonds is 10. The molecule has 5 rings (SSSR count). The van der Waals surface area contributed by atoms with Crippen LogP contribution in [0.5, 0.6) is 23.0 Å². The molecule has 0 saturated heterocycles.